The number of amides is 2. The Morgan fingerprint density at radius 2 is 2.03 bits per heavy atom. The Kier molecular flexibility index (Phi) is 5.21. The molecular weight excluding hydrogens is 380 g/mol. The van der Waals surface area contributed by atoms with Crippen molar-refractivity contribution < 1.29 is 14.4 Å². The maximum atomic E-state index is 13.1. The first-order chi connectivity index (χ1) is 14.7. The van der Waals surface area contributed by atoms with Crippen LogP contribution in [0.3, 0.4) is 0 Å². The second kappa shape index (κ2) is 8.14. The molecule has 1 saturated carbocycles. The highest BCUT2D eigenvalue weighted by Gasteiger charge is 2.38. The zero-order valence-corrected chi connectivity index (χ0v) is 16.9. The van der Waals surface area contributed by atoms with Crippen LogP contribution in [0.15, 0.2) is 36.8 Å². The predicted octanol–water partition coefficient (Wildman–Crippen LogP) is 2.97. The van der Waals surface area contributed by atoms with Crippen molar-refractivity contribution in [2.45, 2.75) is 51.1 Å². The minimum Gasteiger partial charge on any atom is -0.348 e. The molecule has 1 N–H and O–H groups in total. The van der Waals surface area contributed by atoms with Gasteiger partial charge in [0.1, 0.15) is 6.04 Å². The zero-order chi connectivity index (χ0) is 20.5. The van der Waals surface area contributed by atoms with Gasteiger partial charge in [-0.05, 0) is 55.2 Å². The second-order valence-electron chi connectivity index (χ2n) is 8.53. The van der Waals surface area contributed by atoms with Gasteiger partial charge < -0.3 is 5.32 Å². The Labute approximate surface area is 175 Å². The van der Waals surface area contributed by atoms with Crippen molar-refractivity contribution in [3.05, 3.63) is 59.2 Å². The molecule has 2 aliphatic heterocycles. The van der Waals surface area contributed by atoms with Gasteiger partial charge in [-0.15, -0.1) is 0 Å². The average molecular weight is 406 g/mol. The van der Waals surface area contributed by atoms with Gasteiger partial charge in [0.05, 0.1) is 18.5 Å². The number of carbonyl (C=O) groups excluding carboxylic acids is 2. The SMILES string of the molecule is O=C1NCc2ccc(CC3CCC(C(=O)N4OCC[C@H]4c4cnccn4)CC3)cc21. The van der Waals surface area contributed by atoms with E-state index in [1.165, 1.54) is 5.56 Å². The number of hydroxylamine groups is 2. The third-order valence-electron chi connectivity index (χ3n) is 6.63. The van der Waals surface area contributed by atoms with Gasteiger partial charge in [0.2, 0.25) is 5.91 Å². The van der Waals surface area contributed by atoms with Crippen molar-refractivity contribution in [2.24, 2.45) is 11.8 Å². The summed E-state index contributed by atoms with van der Waals surface area (Å²) in [6, 6.07) is 6.11. The Balaban J connectivity index is 1.18. The molecule has 2 fully saturated rings. The van der Waals surface area contributed by atoms with Crippen LogP contribution >= 0.6 is 0 Å². The van der Waals surface area contributed by atoms with E-state index in [-0.39, 0.29) is 23.8 Å². The van der Waals surface area contributed by atoms with Gasteiger partial charge in [-0.1, -0.05) is 12.1 Å². The third-order valence-corrected chi connectivity index (χ3v) is 6.63. The molecular formula is C23H26N4O3. The van der Waals surface area contributed by atoms with Crippen LogP contribution in [0.2, 0.25) is 0 Å². The Morgan fingerprint density at radius 3 is 2.83 bits per heavy atom. The van der Waals surface area contributed by atoms with Crippen LogP contribution in [0.4, 0.5) is 0 Å². The number of aromatic nitrogens is 2. The van der Waals surface area contributed by atoms with Crippen LogP contribution in [0.5, 0.6) is 0 Å². The molecule has 0 radical (unpaired) electrons. The molecule has 1 saturated heterocycles. The summed E-state index contributed by atoms with van der Waals surface area (Å²) in [4.78, 5) is 39.2. The zero-order valence-electron chi connectivity index (χ0n) is 16.9. The van der Waals surface area contributed by atoms with Crippen molar-refractivity contribution in [2.75, 3.05) is 6.61 Å². The number of rotatable bonds is 4. The molecule has 1 atom stereocenters. The fourth-order valence-electron chi connectivity index (χ4n) is 4.95. The highest BCUT2D eigenvalue weighted by atomic mass is 16.7. The largest absolute Gasteiger partial charge is 0.348 e. The fourth-order valence-corrected chi connectivity index (χ4v) is 4.95. The lowest BCUT2D eigenvalue weighted by Crippen LogP contribution is -2.37. The van der Waals surface area contributed by atoms with Crippen molar-refractivity contribution in [3.8, 4) is 0 Å². The molecule has 1 aromatic carbocycles. The molecule has 7 nitrogen and oxygen atoms in total. The van der Waals surface area contributed by atoms with Gasteiger partial charge >= 0.3 is 0 Å². The number of hydrogen-bond donors (Lipinski definition) is 1. The first-order valence-corrected chi connectivity index (χ1v) is 10.8. The monoisotopic (exact) mass is 406 g/mol. The summed E-state index contributed by atoms with van der Waals surface area (Å²) in [6.07, 6.45) is 10.5. The number of nitrogens with one attached hydrogen (secondary N) is 1. The van der Waals surface area contributed by atoms with Crippen LogP contribution < -0.4 is 5.32 Å². The summed E-state index contributed by atoms with van der Waals surface area (Å²) in [5.74, 6) is 0.663. The first kappa shape index (κ1) is 19.2. The molecule has 156 valence electrons. The van der Waals surface area contributed by atoms with Gasteiger partial charge in [-0.25, -0.2) is 5.06 Å². The lowest BCUT2D eigenvalue weighted by atomic mass is 9.78. The second-order valence-corrected chi connectivity index (χ2v) is 8.53. The molecule has 30 heavy (non-hydrogen) atoms. The Morgan fingerprint density at radius 1 is 1.17 bits per heavy atom. The molecule has 0 bridgehead atoms. The van der Waals surface area contributed by atoms with E-state index >= 15 is 0 Å². The van der Waals surface area contributed by atoms with Crippen molar-refractivity contribution in [1.82, 2.24) is 20.3 Å². The van der Waals surface area contributed by atoms with Crippen LogP contribution in [0.1, 0.15) is 65.3 Å². The summed E-state index contributed by atoms with van der Waals surface area (Å²) in [5, 5.41) is 4.42. The van der Waals surface area contributed by atoms with E-state index in [0.29, 0.717) is 19.1 Å². The maximum absolute atomic E-state index is 13.1. The summed E-state index contributed by atoms with van der Waals surface area (Å²) in [5.41, 5.74) is 3.91. The minimum atomic E-state index is -0.138. The number of fused-ring (bicyclic) bond motifs is 1. The standard InChI is InChI=1S/C23H26N4O3/c28-22-19-12-16(3-6-18(19)13-26-22)11-15-1-4-17(5-2-15)23(29)27-21(7-10-30-27)20-14-24-8-9-25-20/h3,6,8-9,12,14-15,17,21H,1-2,4-5,7,10-11,13H2,(H,26,28)/t15?,17?,21-/m0/s1. The van der Waals surface area contributed by atoms with Crippen molar-refractivity contribution in [3.63, 3.8) is 0 Å². The van der Waals surface area contributed by atoms with Crippen molar-refractivity contribution in [1.29, 1.82) is 0 Å². The quantitative estimate of drug-likeness (QED) is 0.844. The van der Waals surface area contributed by atoms with Crippen molar-refractivity contribution >= 4 is 11.8 Å². The van der Waals surface area contributed by atoms with Gasteiger partial charge in [0, 0.05) is 36.8 Å². The molecule has 1 aromatic heterocycles. The highest BCUT2D eigenvalue weighted by molar-refractivity contribution is 5.98. The Bertz CT molecular complexity index is 941. The van der Waals surface area contributed by atoms with E-state index < -0.39 is 0 Å². The number of carbonyl (C=O) groups is 2. The normalized spacial score (nSPS) is 25.8. The fraction of sp³-hybridized carbons (Fsp3) is 0.478. The predicted molar refractivity (Wildman–Crippen MR) is 109 cm³/mol. The van der Waals surface area contributed by atoms with Crippen LogP contribution in [0, 0.1) is 11.8 Å². The topological polar surface area (TPSA) is 84.4 Å². The summed E-state index contributed by atoms with van der Waals surface area (Å²) in [7, 11) is 0. The van der Waals surface area contributed by atoms with Gasteiger partial charge in [0.15, 0.2) is 0 Å². The molecule has 5 rings (SSSR count). The Hall–Kier alpha value is -2.80. The molecule has 2 amide bonds. The van der Waals surface area contributed by atoms with Gasteiger partial charge in [-0.3, -0.25) is 24.4 Å². The molecule has 1 aliphatic carbocycles. The smallest absolute Gasteiger partial charge is 0.251 e. The van der Waals surface area contributed by atoms with Crippen LogP contribution in [-0.2, 0) is 22.6 Å². The average Bonchev–Trinajstić information content (AvgIpc) is 3.42. The lowest BCUT2D eigenvalue weighted by Gasteiger charge is -2.31. The third kappa shape index (κ3) is 3.69. The van der Waals surface area contributed by atoms with E-state index in [4.69, 9.17) is 4.84 Å². The summed E-state index contributed by atoms with van der Waals surface area (Å²) >= 11 is 0. The number of benzene rings is 1. The van der Waals surface area contributed by atoms with E-state index in [9.17, 15) is 9.59 Å². The van der Waals surface area contributed by atoms with E-state index in [0.717, 1.165) is 55.3 Å². The van der Waals surface area contributed by atoms with Gasteiger partial charge in [-0.2, -0.15) is 0 Å². The molecule has 0 unspecified atom stereocenters. The first-order valence-electron chi connectivity index (χ1n) is 10.8. The van der Waals surface area contributed by atoms with E-state index in [1.807, 2.05) is 6.07 Å². The molecule has 7 heteroatoms. The van der Waals surface area contributed by atoms with E-state index in [1.54, 1.807) is 23.7 Å². The number of nitrogens with zero attached hydrogens (tertiary/aromatic N) is 3. The summed E-state index contributed by atoms with van der Waals surface area (Å²) in [6.45, 7) is 1.17. The molecule has 3 heterocycles. The highest BCUT2D eigenvalue weighted by Crippen LogP contribution is 2.36. The van der Waals surface area contributed by atoms with E-state index in [2.05, 4.69) is 27.4 Å². The number of hydrogen-bond acceptors (Lipinski definition) is 5. The van der Waals surface area contributed by atoms with Crippen LogP contribution in [-0.4, -0.2) is 33.5 Å². The molecule has 0 spiro atoms. The lowest BCUT2D eigenvalue weighted by molar-refractivity contribution is -0.183. The van der Waals surface area contributed by atoms with Crippen LogP contribution in [0.25, 0.3) is 0 Å². The maximum Gasteiger partial charge on any atom is 0.251 e. The molecule has 3 aliphatic rings. The summed E-state index contributed by atoms with van der Waals surface area (Å²) < 4.78 is 0. The minimum absolute atomic E-state index is 0.00400. The van der Waals surface area contributed by atoms with Gasteiger partial charge in [0.25, 0.3) is 5.91 Å². The molecule has 2 aromatic rings.